The highest BCUT2D eigenvalue weighted by atomic mass is 32.2. The Hall–Kier alpha value is -2.34. The monoisotopic (exact) mass is 357 g/mol. The van der Waals surface area contributed by atoms with Crippen molar-refractivity contribution >= 4 is 36.7 Å². The van der Waals surface area contributed by atoms with Gasteiger partial charge in [0.2, 0.25) is 0 Å². The molecule has 1 nitrogen and oxygen atoms in total. The number of thioether (sulfide) groups is 1. The molecule has 122 valence electrons. The molecular weight excluding hydrogens is 351 g/mol. The van der Waals surface area contributed by atoms with Crippen LogP contribution in [0.1, 0.15) is 11.1 Å². The van der Waals surface area contributed by atoms with Gasteiger partial charge in [0.05, 0.1) is 10.5 Å². The molecule has 0 N–H and O–H groups in total. The molecule has 0 saturated carbocycles. The zero-order valence-electron chi connectivity index (χ0n) is 11.9. The van der Waals surface area contributed by atoms with Crippen LogP contribution < -0.4 is 5.46 Å². The summed E-state index contributed by atoms with van der Waals surface area (Å²) in [6.45, 7) is 0. The van der Waals surface area contributed by atoms with Crippen LogP contribution in [-0.2, 0) is 0 Å². The summed E-state index contributed by atoms with van der Waals surface area (Å²) in [4.78, 5) is -0.692. The van der Waals surface area contributed by atoms with Gasteiger partial charge >= 0.3 is 0 Å². The van der Waals surface area contributed by atoms with Crippen molar-refractivity contribution in [3.05, 3.63) is 58.7 Å². The average Bonchev–Trinajstić information content (AvgIpc) is 2.48. The van der Waals surface area contributed by atoms with Crippen LogP contribution >= 0.6 is 11.8 Å². The summed E-state index contributed by atoms with van der Waals surface area (Å²) in [5.74, 6) is -9.06. The molecule has 0 spiro atoms. The van der Waals surface area contributed by atoms with Crippen LogP contribution in [0.25, 0.3) is 11.7 Å². The van der Waals surface area contributed by atoms with Gasteiger partial charge in [-0.1, -0.05) is 5.46 Å². The molecule has 9 heteroatoms. The number of nitrogens with zero attached hydrogens (tertiary/aromatic N) is 1. The van der Waals surface area contributed by atoms with Gasteiger partial charge in [-0.3, -0.25) is 0 Å². The highest BCUT2D eigenvalue weighted by Gasteiger charge is 2.22. The molecule has 0 aromatic heterocycles. The highest BCUT2D eigenvalue weighted by Crippen LogP contribution is 2.34. The Labute approximate surface area is 138 Å². The Kier molecular flexibility index (Phi) is 5.29. The number of hydrogen-bond donors (Lipinski definition) is 0. The molecule has 0 fully saturated rings. The molecule has 0 amide bonds. The van der Waals surface area contributed by atoms with Crippen molar-refractivity contribution in [1.82, 2.24) is 0 Å². The fourth-order valence-corrected chi connectivity index (χ4v) is 2.38. The first-order chi connectivity index (χ1) is 11.3. The van der Waals surface area contributed by atoms with Gasteiger partial charge in [-0.15, -0.1) is 0 Å². The quantitative estimate of drug-likeness (QED) is 0.274. The summed E-state index contributed by atoms with van der Waals surface area (Å²) in [7, 11) is 1.35. The van der Waals surface area contributed by atoms with Crippen molar-refractivity contribution in [1.29, 1.82) is 5.26 Å². The van der Waals surface area contributed by atoms with Crippen LogP contribution in [0.4, 0.5) is 26.3 Å². The molecule has 0 atom stereocenters. The van der Waals surface area contributed by atoms with Gasteiger partial charge in [0.1, 0.15) is 36.5 Å². The number of nitriles is 1. The van der Waals surface area contributed by atoms with Crippen LogP contribution in [0.2, 0.25) is 0 Å². The van der Waals surface area contributed by atoms with Gasteiger partial charge in [-0.2, -0.15) is 5.26 Å². The first-order valence-electron chi connectivity index (χ1n) is 6.33. The lowest BCUT2D eigenvalue weighted by molar-refractivity contribution is 0.538. The third-order valence-corrected chi connectivity index (χ3v) is 3.68. The average molecular weight is 357 g/mol. The van der Waals surface area contributed by atoms with E-state index in [2.05, 4.69) is 0 Å². The number of rotatable bonds is 3. The maximum absolute atomic E-state index is 14.1. The summed E-state index contributed by atoms with van der Waals surface area (Å²) in [5.41, 5.74) is -2.00. The largest absolute Gasteiger partial charge is 0.206 e. The van der Waals surface area contributed by atoms with Crippen LogP contribution in [0.15, 0.2) is 29.2 Å². The lowest BCUT2D eigenvalue weighted by atomic mass is 9.94. The normalized spacial score (nSPS) is 11.9. The third-order valence-electron chi connectivity index (χ3n) is 3.00. The molecule has 0 aliphatic rings. The molecule has 0 saturated heterocycles. The van der Waals surface area contributed by atoms with Gasteiger partial charge in [-0.05, 0) is 36.0 Å². The third kappa shape index (κ3) is 3.43. The second-order valence-electron chi connectivity index (χ2n) is 4.69. The number of halogens is 6. The van der Waals surface area contributed by atoms with Gasteiger partial charge in [0, 0.05) is 5.56 Å². The molecule has 2 aromatic carbocycles. The molecule has 0 radical (unpaired) electrons. The Morgan fingerprint density at radius 3 is 1.83 bits per heavy atom. The Morgan fingerprint density at radius 2 is 1.38 bits per heavy atom. The van der Waals surface area contributed by atoms with E-state index in [4.69, 9.17) is 5.26 Å². The van der Waals surface area contributed by atoms with Crippen LogP contribution in [0, 0.1) is 33.9 Å². The number of thiocyanates is 1. The first kappa shape index (κ1) is 18.0. The topological polar surface area (TPSA) is 23.8 Å². The molecule has 24 heavy (non-hydrogen) atoms. The van der Waals surface area contributed by atoms with Crippen LogP contribution in [0.5, 0.6) is 0 Å². The Morgan fingerprint density at radius 1 is 0.875 bits per heavy atom. The molecule has 0 aliphatic heterocycles. The fraction of sp³-hybridized carbons (Fsp3) is 0. The predicted octanol–water partition coefficient (Wildman–Crippen LogP) is 3.84. The molecule has 0 heterocycles. The van der Waals surface area contributed by atoms with Crippen molar-refractivity contribution in [3.8, 4) is 5.40 Å². The molecule has 0 unspecified atom stereocenters. The highest BCUT2D eigenvalue weighted by molar-refractivity contribution is 8.03. The lowest BCUT2D eigenvalue weighted by Gasteiger charge is -2.08. The minimum Gasteiger partial charge on any atom is -0.206 e. The van der Waals surface area contributed by atoms with E-state index >= 15 is 0 Å². The van der Waals surface area contributed by atoms with E-state index in [1.54, 1.807) is 0 Å². The smallest absolute Gasteiger partial charge is 0.172 e. The molecule has 2 aromatic rings. The summed E-state index contributed by atoms with van der Waals surface area (Å²) in [5, 5.41) is 9.86. The van der Waals surface area contributed by atoms with E-state index < -0.39 is 50.9 Å². The van der Waals surface area contributed by atoms with E-state index in [-0.39, 0.29) is 17.2 Å². The van der Waals surface area contributed by atoms with Gasteiger partial charge in [0.15, 0.2) is 11.7 Å². The predicted molar refractivity (Wildman–Crippen MR) is 81.4 cm³/mol. The summed E-state index contributed by atoms with van der Waals surface area (Å²) in [6, 6.07) is 2.45. The standard InChI is InChI=1S/C15H6BF6NS/c16-7-3-8(17)12(9(18)4-7)14(22)13(21)6-1-10(19)15(24-5-23)11(20)2-6/h1-4H,16H2/b14-13+. The molecular formula is C15H6BF6NS. The summed E-state index contributed by atoms with van der Waals surface area (Å²) in [6.07, 6.45) is 0. The maximum atomic E-state index is 14.1. The second-order valence-corrected chi connectivity index (χ2v) is 5.49. The van der Waals surface area contributed by atoms with Gasteiger partial charge < -0.3 is 0 Å². The van der Waals surface area contributed by atoms with Crippen LogP contribution in [-0.4, -0.2) is 7.85 Å². The lowest BCUT2D eigenvalue weighted by Crippen LogP contribution is -2.07. The Balaban J connectivity index is 2.61. The maximum Gasteiger partial charge on any atom is 0.172 e. The van der Waals surface area contributed by atoms with E-state index in [0.717, 1.165) is 12.1 Å². The van der Waals surface area contributed by atoms with Crippen LogP contribution in [0.3, 0.4) is 0 Å². The molecule has 0 aliphatic carbocycles. The minimum atomic E-state index is -1.93. The van der Waals surface area contributed by atoms with Crippen molar-refractivity contribution in [2.24, 2.45) is 0 Å². The minimum absolute atomic E-state index is 0.150. The van der Waals surface area contributed by atoms with E-state index in [9.17, 15) is 26.3 Å². The second kappa shape index (κ2) is 7.05. The van der Waals surface area contributed by atoms with E-state index in [1.165, 1.54) is 13.2 Å². The Bertz CT molecular complexity index is 844. The summed E-state index contributed by atoms with van der Waals surface area (Å²) >= 11 is 0.164. The van der Waals surface area contributed by atoms with E-state index in [1.807, 2.05) is 0 Å². The fourth-order valence-electron chi connectivity index (χ4n) is 1.98. The zero-order valence-corrected chi connectivity index (χ0v) is 12.7. The molecule has 0 bridgehead atoms. The summed E-state index contributed by atoms with van der Waals surface area (Å²) < 4.78 is 82.9. The van der Waals surface area contributed by atoms with Crippen molar-refractivity contribution in [3.63, 3.8) is 0 Å². The van der Waals surface area contributed by atoms with Gasteiger partial charge in [0.25, 0.3) is 0 Å². The van der Waals surface area contributed by atoms with Gasteiger partial charge in [-0.25, -0.2) is 26.3 Å². The SMILES string of the molecule is Bc1cc(F)c(/C(F)=C(\F)c2cc(F)c(SC#N)c(F)c2)c(F)c1. The first-order valence-corrected chi connectivity index (χ1v) is 7.14. The number of hydrogen-bond acceptors (Lipinski definition) is 2. The van der Waals surface area contributed by atoms with E-state index in [0.29, 0.717) is 12.1 Å². The molecule has 2 rings (SSSR count). The zero-order chi connectivity index (χ0) is 18.0. The van der Waals surface area contributed by atoms with Crippen molar-refractivity contribution < 1.29 is 26.3 Å². The van der Waals surface area contributed by atoms with Crippen molar-refractivity contribution in [2.75, 3.05) is 0 Å². The van der Waals surface area contributed by atoms with Crippen molar-refractivity contribution in [2.45, 2.75) is 4.90 Å². The number of benzene rings is 2.